The van der Waals surface area contributed by atoms with E-state index in [1.807, 2.05) is 32.0 Å². The molecule has 0 unspecified atom stereocenters. The number of aromatic nitrogens is 2. The zero-order chi connectivity index (χ0) is 17.0. The van der Waals surface area contributed by atoms with Gasteiger partial charge in [0.1, 0.15) is 17.8 Å². The van der Waals surface area contributed by atoms with Crippen LogP contribution < -0.4 is 10.6 Å². The van der Waals surface area contributed by atoms with E-state index in [0.717, 1.165) is 5.69 Å². The van der Waals surface area contributed by atoms with E-state index in [9.17, 15) is 4.79 Å². The Bertz CT molecular complexity index is 689. The second-order valence-electron chi connectivity index (χ2n) is 6.84. The minimum Gasteiger partial charge on any atom is -0.349 e. The number of hydrogen-bond donors (Lipinski definition) is 2. The maximum absolute atomic E-state index is 12.1. The Morgan fingerprint density at radius 1 is 1.13 bits per heavy atom. The van der Waals surface area contributed by atoms with Gasteiger partial charge in [0, 0.05) is 17.8 Å². The maximum atomic E-state index is 12.1. The van der Waals surface area contributed by atoms with Crippen LogP contribution in [0, 0.1) is 0 Å². The number of nitrogens with zero attached hydrogens (tertiary/aromatic N) is 2. The number of carbonyl (C=O) groups excluding carboxylic acids is 1. The molecule has 0 radical (unpaired) electrons. The molecule has 5 nitrogen and oxygen atoms in total. The van der Waals surface area contributed by atoms with Crippen molar-refractivity contribution < 1.29 is 4.79 Å². The van der Waals surface area contributed by atoms with Crippen LogP contribution in [0.4, 0.5) is 11.5 Å². The summed E-state index contributed by atoms with van der Waals surface area (Å²) in [5.74, 6) is 0.403. The van der Waals surface area contributed by atoms with Gasteiger partial charge in [0.2, 0.25) is 0 Å². The summed E-state index contributed by atoms with van der Waals surface area (Å²) in [6.45, 7) is 10.3. The normalized spacial score (nSPS) is 11.4. The van der Waals surface area contributed by atoms with Crippen LogP contribution in [0.15, 0.2) is 36.7 Å². The molecule has 1 aromatic carbocycles. The van der Waals surface area contributed by atoms with Gasteiger partial charge in [-0.2, -0.15) is 0 Å². The summed E-state index contributed by atoms with van der Waals surface area (Å²) in [6, 6.07) is 9.83. The Kier molecular flexibility index (Phi) is 4.98. The summed E-state index contributed by atoms with van der Waals surface area (Å²) in [6.07, 6.45) is 1.40. The summed E-state index contributed by atoms with van der Waals surface area (Å²) in [4.78, 5) is 20.3. The first-order chi connectivity index (χ1) is 10.8. The van der Waals surface area contributed by atoms with Gasteiger partial charge in [-0.3, -0.25) is 4.79 Å². The molecule has 0 aliphatic heterocycles. The van der Waals surface area contributed by atoms with Gasteiger partial charge in [-0.1, -0.05) is 39.0 Å². The third-order valence-electron chi connectivity index (χ3n) is 3.32. The summed E-state index contributed by atoms with van der Waals surface area (Å²) < 4.78 is 0. The molecule has 0 aliphatic carbocycles. The number of benzene rings is 1. The molecule has 0 atom stereocenters. The smallest absolute Gasteiger partial charge is 0.270 e. The molecule has 0 fully saturated rings. The number of nitrogens with one attached hydrogen (secondary N) is 2. The maximum Gasteiger partial charge on any atom is 0.270 e. The van der Waals surface area contributed by atoms with E-state index < -0.39 is 0 Å². The van der Waals surface area contributed by atoms with Crippen molar-refractivity contribution in [1.82, 2.24) is 15.3 Å². The second kappa shape index (κ2) is 6.77. The number of amides is 1. The van der Waals surface area contributed by atoms with Gasteiger partial charge in [0.25, 0.3) is 5.91 Å². The van der Waals surface area contributed by atoms with E-state index >= 15 is 0 Å². The minimum atomic E-state index is -0.199. The number of carbonyl (C=O) groups is 1. The number of hydrogen-bond acceptors (Lipinski definition) is 4. The molecule has 2 rings (SSSR count). The lowest BCUT2D eigenvalue weighted by Crippen LogP contribution is -2.30. The Morgan fingerprint density at radius 3 is 2.48 bits per heavy atom. The third-order valence-corrected chi connectivity index (χ3v) is 3.32. The first kappa shape index (κ1) is 16.9. The van der Waals surface area contributed by atoms with E-state index in [-0.39, 0.29) is 17.4 Å². The summed E-state index contributed by atoms with van der Waals surface area (Å²) in [5, 5.41) is 6.13. The molecule has 0 saturated carbocycles. The highest BCUT2D eigenvalue weighted by Gasteiger charge is 2.18. The van der Waals surface area contributed by atoms with E-state index in [2.05, 4.69) is 47.4 Å². The molecule has 5 heteroatoms. The van der Waals surface area contributed by atoms with Crippen molar-refractivity contribution in [3.8, 4) is 0 Å². The standard InChI is InChI=1S/C18H24N4O/c1-12(2)21-17(23)15-10-16(20-11-19-15)22-14-9-7-6-8-13(14)18(3,4)5/h6-12H,1-5H3,(H,21,23)(H,19,20,22). The van der Waals surface area contributed by atoms with Crippen molar-refractivity contribution in [3.05, 3.63) is 47.9 Å². The predicted molar refractivity (Wildman–Crippen MR) is 93.1 cm³/mol. The molecule has 1 aromatic heterocycles. The van der Waals surface area contributed by atoms with Gasteiger partial charge in [0.15, 0.2) is 0 Å². The zero-order valence-corrected chi connectivity index (χ0v) is 14.3. The molecule has 1 amide bonds. The molecule has 0 aliphatic rings. The van der Waals surface area contributed by atoms with Gasteiger partial charge in [-0.25, -0.2) is 9.97 Å². The molecular formula is C18H24N4O. The lowest BCUT2D eigenvalue weighted by Gasteiger charge is -2.23. The molecule has 23 heavy (non-hydrogen) atoms. The third kappa shape index (κ3) is 4.52. The molecule has 1 heterocycles. The molecule has 122 valence electrons. The fraction of sp³-hybridized carbons (Fsp3) is 0.389. The molecular weight excluding hydrogens is 288 g/mol. The summed E-state index contributed by atoms with van der Waals surface area (Å²) in [7, 11) is 0. The Morgan fingerprint density at radius 2 is 1.83 bits per heavy atom. The van der Waals surface area contributed by atoms with Crippen LogP contribution >= 0.6 is 0 Å². The van der Waals surface area contributed by atoms with Gasteiger partial charge in [-0.15, -0.1) is 0 Å². The van der Waals surface area contributed by atoms with Crippen molar-refractivity contribution in [3.63, 3.8) is 0 Å². The number of anilines is 2. The zero-order valence-electron chi connectivity index (χ0n) is 14.3. The predicted octanol–water partition coefficient (Wildman–Crippen LogP) is 3.66. The topological polar surface area (TPSA) is 66.9 Å². The van der Waals surface area contributed by atoms with Crippen LogP contribution in [0.1, 0.15) is 50.7 Å². The van der Waals surface area contributed by atoms with Crippen LogP contribution in [-0.4, -0.2) is 21.9 Å². The highest BCUT2D eigenvalue weighted by atomic mass is 16.1. The molecule has 0 spiro atoms. The van der Waals surface area contributed by atoms with E-state index in [0.29, 0.717) is 11.5 Å². The van der Waals surface area contributed by atoms with Crippen molar-refractivity contribution in [2.24, 2.45) is 0 Å². The van der Waals surface area contributed by atoms with Gasteiger partial charge >= 0.3 is 0 Å². The van der Waals surface area contributed by atoms with Crippen LogP contribution in [-0.2, 0) is 5.41 Å². The average Bonchev–Trinajstić information content (AvgIpc) is 2.46. The summed E-state index contributed by atoms with van der Waals surface area (Å²) in [5.41, 5.74) is 2.53. The van der Waals surface area contributed by atoms with Gasteiger partial charge in [0.05, 0.1) is 0 Å². The molecule has 0 bridgehead atoms. The second-order valence-corrected chi connectivity index (χ2v) is 6.84. The van der Waals surface area contributed by atoms with E-state index in [1.54, 1.807) is 6.07 Å². The first-order valence-electron chi connectivity index (χ1n) is 7.77. The van der Waals surface area contributed by atoms with Crippen molar-refractivity contribution in [2.45, 2.75) is 46.1 Å². The van der Waals surface area contributed by atoms with E-state index in [1.165, 1.54) is 11.9 Å². The fourth-order valence-corrected chi connectivity index (χ4v) is 2.27. The minimum absolute atomic E-state index is 0.00840. The molecule has 0 saturated heterocycles. The summed E-state index contributed by atoms with van der Waals surface area (Å²) >= 11 is 0. The van der Waals surface area contributed by atoms with Crippen molar-refractivity contribution in [1.29, 1.82) is 0 Å². The highest BCUT2D eigenvalue weighted by molar-refractivity contribution is 5.93. The number of para-hydroxylation sites is 1. The van der Waals surface area contributed by atoms with Gasteiger partial charge in [-0.05, 0) is 30.9 Å². The van der Waals surface area contributed by atoms with Crippen molar-refractivity contribution >= 4 is 17.4 Å². The quantitative estimate of drug-likeness (QED) is 0.904. The van der Waals surface area contributed by atoms with Crippen molar-refractivity contribution in [2.75, 3.05) is 5.32 Å². The van der Waals surface area contributed by atoms with Crippen LogP contribution in [0.5, 0.6) is 0 Å². The Labute approximate surface area is 137 Å². The van der Waals surface area contributed by atoms with Gasteiger partial charge < -0.3 is 10.6 Å². The van der Waals surface area contributed by atoms with Crippen LogP contribution in [0.2, 0.25) is 0 Å². The first-order valence-corrected chi connectivity index (χ1v) is 7.77. The lowest BCUT2D eigenvalue weighted by molar-refractivity contribution is 0.0938. The lowest BCUT2D eigenvalue weighted by atomic mass is 9.86. The monoisotopic (exact) mass is 312 g/mol. The van der Waals surface area contributed by atoms with Crippen LogP contribution in [0.3, 0.4) is 0 Å². The van der Waals surface area contributed by atoms with Crippen LogP contribution in [0.25, 0.3) is 0 Å². The number of rotatable bonds is 4. The fourth-order valence-electron chi connectivity index (χ4n) is 2.27. The average molecular weight is 312 g/mol. The molecule has 2 N–H and O–H groups in total. The SMILES string of the molecule is CC(C)NC(=O)c1cc(Nc2ccccc2C(C)(C)C)ncn1. The highest BCUT2D eigenvalue weighted by Crippen LogP contribution is 2.30. The van der Waals surface area contributed by atoms with E-state index in [4.69, 9.17) is 0 Å². The molecule has 2 aromatic rings. The Hall–Kier alpha value is -2.43. The largest absolute Gasteiger partial charge is 0.349 e. The Balaban J connectivity index is 2.27.